The van der Waals surface area contributed by atoms with E-state index in [0.29, 0.717) is 11.2 Å². The number of anilines is 1. The Balaban J connectivity index is 0.00000288. The molecular formula is C17H29FIN5. The van der Waals surface area contributed by atoms with E-state index in [0.717, 1.165) is 38.4 Å². The van der Waals surface area contributed by atoms with Gasteiger partial charge in [-0.15, -0.1) is 24.0 Å². The molecule has 1 aliphatic heterocycles. The van der Waals surface area contributed by atoms with Crippen LogP contribution in [-0.4, -0.2) is 43.7 Å². The van der Waals surface area contributed by atoms with Gasteiger partial charge in [0.15, 0.2) is 17.6 Å². The molecule has 1 saturated heterocycles. The number of guanidine groups is 1. The van der Waals surface area contributed by atoms with E-state index in [2.05, 4.69) is 41.4 Å². The molecule has 0 aliphatic carbocycles. The van der Waals surface area contributed by atoms with Crippen LogP contribution < -0.4 is 15.5 Å². The van der Waals surface area contributed by atoms with E-state index in [1.54, 1.807) is 19.3 Å². The smallest absolute Gasteiger partial charge is 0.191 e. The molecule has 136 valence electrons. The monoisotopic (exact) mass is 449 g/mol. The van der Waals surface area contributed by atoms with Gasteiger partial charge in [0, 0.05) is 38.9 Å². The summed E-state index contributed by atoms with van der Waals surface area (Å²) < 4.78 is 13.8. The first-order chi connectivity index (χ1) is 10.9. The molecule has 2 rings (SSSR count). The Morgan fingerprint density at radius 2 is 2.21 bits per heavy atom. The SMILES string of the molecule is CN=C(NCCC(C)(C)C)NC1CCN(c2ncccc2F)C1.I. The Morgan fingerprint density at radius 3 is 2.83 bits per heavy atom. The molecule has 0 amide bonds. The number of nitrogens with zero attached hydrogens (tertiary/aromatic N) is 3. The molecule has 1 fully saturated rings. The molecule has 0 bridgehead atoms. The minimum atomic E-state index is -0.263. The Morgan fingerprint density at radius 1 is 1.46 bits per heavy atom. The van der Waals surface area contributed by atoms with Crippen molar-refractivity contribution in [2.45, 2.75) is 39.7 Å². The van der Waals surface area contributed by atoms with Crippen molar-refractivity contribution in [3.05, 3.63) is 24.1 Å². The molecule has 2 N–H and O–H groups in total. The topological polar surface area (TPSA) is 52.6 Å². The Labute approximate surface area is 161 Å². The van der Waals surface area contributed by atoms with Crippen LogP contribution in [0.2, 0.25) is 0 Å². The van der Waals surface area contributed by atoms with E-state index in [1.165, 1.54) is 6.07 Å². The maximum absolute atomic E-state index is 13.8. The van der Waals surface area contributed by atoms with Crippen LogP contribution >= 0.6 is 24.0 Å². The number of nitrogens with one attached hydrogen (secondary N) is 2. The van der Waals surface area contributed by atoms with Crippen molar-refractivity contribution in [1.82, 2.24) is 15.6 Å². The van der Waals surface area contributed by atoms with Crippen molar-refractivity contribution in [2.75, 3.05) is 31.6 Å². The lowest BCUT2D eigenvalue weighted by Crippen LogP contribution is -2.45. The highest BCUT2D eigenvalue weighted by Gasteiger charge is 2.25. The van der Waals surface area contributed by atoms with Crippen LogP contribution in [-0.2, 0) is 0 Å². The predicted molar refractivity (Wildman–Crippen MR) is 109 cm³/mol. The van der Waals surface area contributed by atoms with Crippen LogP contribution in [0, 0.1) is 11.2 Å². The number of pyridine rings is 1. The second kappa shape index (κ2) is 9.39. The van der Waals surface area contributed by atoms with E-state index in [4.69, 9.17) is 0 Å². The van der Waals surface area contributed by atoms with Crippen molar-refractivity contribution < 1.29 is 4.39 Å². The highest BCUT2D eigenvalue weighted by molar-refractivity contribution is 14.0. The standard InChI is InChI=1S/C17H28FN5.HI/c1-17(2,3)8-10-21-16(19-4)22-13-7-11-23(12-13)15-14(18)6-5-9-20-15;/h5-6,9,13H,7-8,10-12H2,1-4H3,(H2,19,21,22);1H. The van der Waals surface area contributed by atoms with Crippen molar-refractivity contribution in [2.24, 2.45) is 10.4 Å². The first kappa shape index (κ1) is 20.9. The number of hydrogen-bond acceptors (Lipinski definition) is 3. The third-order valence-corrected chi connectivity index (χ3v) is 3.96. The van der Waals surface area contributed by atoms with Gasteiger partial charge in [-0.3, -0.25) is 4.99 Å². The van der Waals surface area contributed by atoms with E-state index in [9.17, 15) is 4.39 Å². The van der Waals surface area contributed by atoms with Gasteiger partial charge < -0.3 is 15.5 Å². The van der Waals surface area contributed by atoms with Crippen LogP contribution in [0.1, 0.15) is 33.6 Å². The predicted octanol–water partition coefficient (Wildman–Crippen LogP) is 3.02. The molecule has 1 unspecified atom stereocenters. The fourth-order valence-electron chi connectivity index (χ4n) is 2.62. The number of rotatable bonds is 4. The summed E-state index contributed by atoms with van der Waals surface area (Å²) in [6.45, 7) is 9.08. The molecule has 1 aromatic rings. The second-order valence-corrected chi connectivity index (χ2v) is 7.19. The normalized spacial score (nSPS) is 18.3. The van der Waals surface area contributed by atoms with Crippen LogP contribution in [0.5, 0.6) is 0 Å². The van der Waals surface area contributed by atoms with Crippen molar-refractivity contribution in [1.29, 1.82) is 0 Å². The van der Waals surface area contributed by atoms with Gasteiger partial charge in [0.05, 0.1) is 0 Å². The average molecular weight is 449 g/mol. The largest absolute Gasteiger partial charge is 0.356 e. The Bertz CT molecular complexity index is 544. The van der Waals surface area contributed by atoms with Crippen molar-refractivity contribution in [3.63, 3.8) is 0 Å². The molecule has 0 radical (unpaired) electrons. The first-order valence-electron chi connectivity index (χ1n) is 8.22. The van der Waals surface area contributed by atoms with E-state index in [1.807, 2.05) is 4.90 Å². The lowest BCUT2D eigenvalue weighted by Gasteiger charge is -2.22. The number of halogens is 2. The molecule has 0 aromatic carbocycles. The van der Waals surface area contributed by atoms with Gasteiger partial charge in [0.2, 0.25) is 0 Å². The summed E-state index contributed by atoms with van der Waals surface area (Å²) in [5.41, 5.74) is 0.298. The summed E-state index contributed by atoms with van der Waals surface area (Å²) in [5, 5.41) is 6.77. The summed E-state index contributed by atoms with van der Waals surface area (Å²) in [6.07, 6.45) is 3.64. The summed E-state index contributed by atoms with van der Waals surface area (Å²) in [5.74, 6) is 0.982. The highest BCUT2D eigenvalue weighted by atomic mass is 127. The van der Waals surface area contributed by atoms with Crippen LogP contribution in [0.3, 0.4) is 0 Å². The third kappa shape index (κ3) is 6.41. The van der Waals surface area contributed by atoms with Gasteiger partial charge in [0.25, 0.3) is 0 Å². The van der Waals surface area contributed by atoms with Crippen LogP contribution in [0.15, 0.2) is 23.3 Å². The molecule has 0 saturated carbocycles. The third-order valence-electron chi connectivity index (χ3n) is 3.96. The van der Waals surface area contributed by atoms with E-state index < -0.39 is 0 Å². The lowest BCUT2D eigenvalue weighted by atomic mass is 9.92. The number of aromatic nitrogens is 1. The molecule has 5 nitrogen and oxygen atoms in total. The van der Waals surface area contributed by atoms with Gasteiger partial charge >= 0.3 is 0 Å². The maximum Gasteiger partial charge on any atom is 0.191 e. The zero-order valence-electron chi connectivity index (χ0n) is 15.0. The Kier molecular flexibility index (Phi) is 8.18. The van der Waals surface area contributed by atoms with Gasteiger partial charge in [-0.05, 0) is 30.4 Å². The summed E-state index contributed by atoms with van der Waals surface area (Å²) >= 11 is 0. The van der Waals surface area contributed by atoms with E-state index in [-0.39, 0.29) is 35.8 Å². The van der Waals surface area contributed by atoms with Gasteiger partial charge in [-0.1, -0.05) is 20.8 Å². The average Bonchev–Trinajstić information content (AvgIpc) is 2.93. The maximum atomic E-state index is 13.8. The molecule has 2 heterocycles. The van der Waals surface area contributed by atoms with Gasteiger partial charge in [-0.25, -0.2) is 9.37 Å². The summed E-state index contributed by atoms with van der Waals surface area (Å²) in [6, 6.07) is 3.32. The number of aliphatic imine (C=N–C) groups is 1. The molecule has 24 heavy (non-hydrogen) atoms. The molecule has 1 aromatic heterocycles. The quantitative estimate of drug-likeness (QED) is 0.422. The fraction of sp³-hybridized carbons (Fsp3) is 0.647. The zero-order chi connectivity index (χ0) is 16.9. The lowest BCUT2D eigenvalue weighted by molar-refractivity contribution is 0.377. The van der Waals surface area contributed by atoms with E-state index >= 15 is 0 Å². The van der Waals surface area contributed by atoms with Crippen LogP contribution in [0.25, 0.3) is 0 Å². The minimum absolute atomic E-state index is 0. The highest BCUT2D eigenvalue weighted by Crippen LogP contribution is 2.20. The molecule has 0 spiro atoms. The first-order valence-corrected chi connectivity index (χ1v) is 8.22. The zero-order valence-corrected chi connectivity index (χ0v) is 17.3. The fourth-order valence-corrected chi connectivity index (χ4v) is 2.62. The van der Waals surface area contributed by atoms with Gasteiger partial charge in [-0.2, -0.15) is 0 Å². The molecule has 7 heteroatoms. The number of hydrogen-bond donors (Lipinski definition) is 2. The molecule has 1 atom stereocenters. The van der Waals surface area contributed by atoms with Crippen molar-refractivity contribution in [3.8, 4) is 0 Å². The second-order valence-electron chi connectivity index (χ2n) is 7.19. The summed E-state index contributed by atoms with van der Waals surface area (Å²) in [4.78, 5) is 10.4. The molecular weight excluding hydrogens is 420 g/mol. The Hall–Kier alpha value is -1.12. The molecule has 1 aliphatic rings. The van der Waals surface area contributed by atoms with Crippen LogP contribution in [0.4, 0.5) is 10.2 Å². The minimum Gasteiger partial charge on any atom is -0.356 e. The van der Waals surface area contributed by atoms with Crippen molar-refractivity contribution >= 4 is 35.8 Å². The summed E-state index contributed by atoms with van der Waals surface area (Å²) in [7, 11) is 1.78. The van der Waals surface area contributed by atoms with Gasteiger partial charge in [0.1, 0.15) is 0 Å².